The SMILES string of the molecule is CC(C)C(CN)(CCCN1CCCCC1)c1cccc2ccccc12. The molecular weight excluding hydrogens is 304 g/mol. The second-order valence-corrected chi connectivity index (χ2v) is 8.05. The molecule has 1 aliphatic heterocycles. The monoisotopic (exact) mass is 338 g/mol. The number of fused-ring (bicyclic) bond motifs is 1. The van der Waals surface area contributed by atoms with Gasteiger partial charge in [-0.3, -0.25) is 0 Å². The van der Waals surface area contributed by atoms with Gasteiger partial charge in [0.05, 0.1) is 0 Å². The highest BCUT2D eigenvalue weighted by Gasteiger charge is 2.35. The normalized spacial score (nSPS) is 18.6. The Bertz CT molecular complexity index is 667. The van der Waals surface area contributed by atoms with Crippen molar-refractivity contribution in [2.45, 2.75) is 51.4 Å². The lowest BCUT2D eigenvalue weighted by molar-refractivity contribution is 0.206. The molecule has 25 heavy (non-hydrogen) atoms. The Morgan fingerprint density at radius 1 is 1.00 bits per heavy atom. The molecule has 0 radical (unpaired) electrons. The van der Waals surface area contributed by atoms with Gasteiger partial charge < -0.3 is 10.6 Å². The Balaban J connectivity index is 1.84. The molecule has 0 spiro atoms. The maximum absolute atomic E-state index is 6.44. The lowest BCUT2D eigenvalue weighted by Crippen LogP contribution is -2.41. The van der Waals surface area contributed by atoms with Gasteiger partial charge in [-0.2, -0.15) is 0 Å². The number of nitrogens with two attached hydrogens (primary N) is 1. The molecule has 1 saturated heterocycles. The van der Waals surface area contributed by atoms with E-state index >= 15 is 0 Å². The molecule has 1 unspecified atom stereocenters. The smallest absolute Gasteiger partial charge is 0.0105 e. The summed E-state index contributed by atoms with van der Waals surface area (Å²) in [7, 11) is 0. The van der Waals surface area contributed by atoms with Gasteiger partial charge in [-0.15, -0.1) is 0 Å². The molecule has 136 valence electrons. The van der Waals surface area contributed by atoms with Gasteiger partial charge in [-0.05, 0) is 67.6 Å². The van der Waals surface area contributed by atoms with E-state index in [4.69, 9.17) is 5.73 Å². The minimum absolute atomic E-state index is 0.0661. The Morgan fingerprint density at radius 3 is 2.44 bits per heavy atom. The van der Waals surface area contributed by atoms with E-state index in [1.54, 1.807) is 0 Å². The summed E-state index contributed by atoms with van der Waals surface area (Å²) in [6.07, 6.45) is 6.56. The van der Waals surface area contributed by atoms with Crippen molar-refractivity contribution >= 4 is 10.8 Å². The first-order chi connectivity index (χ1) is 12.2. The van der Waals surface area contributed by atoms with Crippen LogP contribution in [0.5, 0.6) is 0 Å². The number of rotatable bonds is 7. The number of benzene rings is 2. The summed E-state index contributed by atoms with van der Waals surface area (Å²) in [5.74, 6) is 0.532. The highest BCUT2D eigenvalue weighted by molar-refractivity contribution is 5.86. The second kappa shape index (κ2) is 8.33. The van der Waals surface area contributed by atoms with Crippen molar-refractivity contribution in [3.8, 4) is 0 Å². The third-order valence-corrected chi connectivity index (χ3v) is 6.34. The number of hydrogen-bond acceptors (Lipinski definition) is 2. The molecule has 0 saturated carbocycles. The van der Waals surface area contributed by atoms with Crippen molar-refractivity contribution in [1.82, 2.24) is 4.90 Å². The molecule has 2 N–H and O–H groups in total. The van der Waals surface area contributed by atoms with E-state index in [2.05, 4.69) is 61.2 Å². The molecule has 0 bridgehead atoms. The van der Waals surface area contributed by atoms with E-state index in [9.17, 15) is 0 Å². The molecule has 1 fully saturated rings. The number of piperidine rings is 1. The first-order valence-corrected chi connectivity index (χ1v) is 10.1. The Labute approximate surface area is 153 Å². The maximum Gasteiger partial charge on any atom is 0.0105 e. The average molecular weight is 339 g/mol. The number of likely N-dealkylation sites (tertiary alicyclic amines) is 1. The predicted molar refractivity (Wildman–Crippen MR) is 109 cm³/mol. The standard InChI is InChI=1S/C23H34N2/c1-19(2)23(18-24,14-9-17-25-15-6-3-7-16-25)22-13-8-11-20-10-4-5-12-21(20)22/h4-5,8,10-13,19H,3,6-7,9,14-18,24H2,1-2H3. The van der Waals surface area contributed by atoms with Crippen LogP contribution in [0.3, 0.4) is 0 Å². The molecular formula is C23H34N2. The molecule has 0 aromatic heterocycles. The van der Waals surface area contributed by atoms with Crippen LogP contribution in [0.25, 0.3) is 10.8 Å². The Hall–Kier alpha value is -1.38. The lowest BCUT2D eigenvalue weighted by atomic mass is 9.67. The third kappa shape index (κ3) is 3.91. The van der Waals surface area contributed by atoms with Gasteiger partial charge in [0.25, 0.3) is 0 Å². The van der Waals surface area contributed by atoms with E-state index in [1.807, 2.05) is 0 Å². The van der Waals surface area contributed by atoms with E-state index in [0.29, 0.717) is 5.92 Å². The van der Waals surface area contributed by atoms with E-state index < -0.39 is 0 Å². The quantitative estimate of drug-likeness (QED) is 0.773. The summed E-state index contributed by atoms with van der Waals surface area (Å²) < 4.78 is 0. The van der Waals surface area contributed by atoms with Crippen molar-refractivity contribution in [2.75, 3.05) is 26.2 Å². The molecule has 3 rings (SSSR count). The van der Waals surface area contributed by atoms with Crippen molar-refractivity contribution in [3.05, 3.63) is 48.0 Å². The molecule has 2 aromatic rings. The van der Waals surface area contributed by atoms with Gasteiger partial charge in [0, 0.05) is 12.0 Å². The van der Waals surface area contributed by atoms with Crippen LogP contribution >= 0.6 is 0 Å². The zero-order valence-electron chi connectivity index (χ0n) is 16.0. The fourth-order valence-corrected chi connectivity index (χ4v) is 4.64. The molecule has 1 heterocycles. The summed E-state index contributed by atoms with van der Waals surface area (Å²) in [5, 5.41) is 2.71. The summed E-state index contributed by atoms with van der Waals surface area (Å²) >= 11 is 0. The number of hydrogen-bond donors (Lipinski definition) is 1. The van der Waals surface area contributed by atoms with Gasteiger partial charge in [-0.1, -0.05) is 62.7 Å². The lowest BCUT2D eigenvalue weighted by Gasteiger charge is -2.39. The van der Waals surface area contributed by atoms with E-state index in [1.165, 1.54) is 68.1 Å². The summed E-state index contributed by atoms with van der Waals surface area (Å²) in [6.45, 7) is 9.19. The minimum atomic E-state index is 0.0661. The van der Waals surface area contributed by atoms with Crippen molar-refractivity contribution in [3.63, 3.8) is 0 Å². The van der Waals surface area contributed by atoms with Crippen molar-refractivity contribution in [2.24, 2.45) is 11.7 Å². The highest BCUT2D eigenvalue weighted by atomic mass is 15.1. The molecule has 1 aliphatic rings. The molecule has 0 aliphatic carbocycles. The average Bonchev–Trinajstić information content (AvgIpc) is 2.66. The fourth-order valence-electron chi connectivity index (χ4n) is 4.64. The van der Waals surface area contributed by atoms with Crippen LogP contribution in [-0.2, 0) is 5.41 Å². The Kier molecular flexibility index (Phi) is 6.14. The summed E-state index contributed by atoms with van der Waals surface area (Å²) in [6, 6.07) is 15.5. The fraction of sp³-hybridized carbons (Fsp3) is 0.565. The van der Waals surface area contributed by atoms with Gasteiger partial charge in [0.2, 0.25) is 0 Å². The maximum atomic E-state index is 6.44. The molecule has 0 amide bonds. The van der Waals surface area contributed by atoms with Crippen molar-refractivity contribution in [1.29, 1.82) is 0 Å². The van der Waals surface area contributed by atoms with Crippen LogP contribution in [0.4, 0.5) is 0 Å². The van der Waals surface area contributed by atoms with Crippen LogP contribution in [-0.4, -0.2) is 31.1 Å². The van der Waals surface area contributed by atoms with E-state index in [0.717, 1.165) is 6.54 Å². The van der Waals surface area contributed by atoms with Crippen LogP contribution in [0.1, 0.15) is 51.5 Å². The Morgan fingerprint density at radius 2 is 1.72 bits per heavy atom. The largest absolute Gasteiger partial charge is 0.330 e. The molecule has 2 aromatic carbocycles. The zero-order valence-corrected chi connectivity index (χ0v) is 16.0. The first kappa shape index (κ1) is 18.4. The minimum Gasteiger partial charge on any atom is -0.330 e. The second-order valence-electron chi connectivity index (χ2n) is 8.05. The topological polar surface area (TPSA) is 29.3 Å². The molecule has 2 heteroatoms. The molecule has 2 nitrogen and oxygen atoms in total. The van der Waals surface area contributed by atoms with Gasteiger partial charge in [0.1, 0.15) is 0 Å². The van der Waals surface area contributed by atoms with Gasteiger partial charge in [-0.25, -0.2) is 0 Å². The molecule has 1 atom stereocenters. The highest BCUT2D eigenvalue weighted by Crippen LogP contribution is 2.39. The van der Waals surface area contributed by atoms with Crippen LogP contribution < -0.4 is 5.73 Å². The van der Waals surface area contributed by atoms with Gasteiger partial charge >= 0.3 is 0 Å². The van der Waals surface area contributed by atoms with Crippen LogP contribution in [0, 0.1) is 5.92 Å². The van der Waals surface area contributed by atoms with E-state index in [-0.39, 0.29) is 5.41 Å². The zero-order chi connectivity index (χ0) is 17.7. The summed E-state index contributed by atoms with van der Waals surface area (Å²) in [4.78, 5) is 2.65. The van der Waals surface area contributed by atoms with Crippen molar-refractivity contribution < 1.29 is 0 Å². The third-order valence-electron chi connectivity index (χ3n) is 6.34. The summed E-state index contributed by atoms with van der Waals surface area (Å²) in [5.41, 5.74) is 7.95. The van der Waals surface area contributed by atoms with Crippen LogP contribution in [0.15, 0.2) is 42.5 Å². The predicted octanol–water partition coefficient (Wildman–Crippen LogP) is 4.96. The van der Waals surface area contributed by atoms with Gasteiger partial charge in [0.15, 0.2) is 0 Å². The first-order valence-electron chi connectivity index (χ1n) is 10.1. The number of nitrogens with zero attached hydrogens (tertiary/aromatic N) is 1. The van der Waals surface area contributed by atoms with Crippen LogP contribution in [0.2, 0.25) is 0 Å².